The van der Waals surface area contributed by atoms with Crippen LogP contribution >= 0.6 is 15.9 Å². The number of hydrogen-bond donors (Lipinski definition) is 1. The first-order valence-electron chi connectivity index (χ1n) is 5.19. The summed E-state index contributed by atoms with van der Waals surface area (Å²) < 4.78 is 32.0. The number of aromatic nitrogens is 2. The van der Waals surface area contributed by atoms with E-state index in [1.165, 1.54) is 0 Å². The number of hydrogen-bond acceptors (Lipinski definition) is 4. The first-order valence-corrected chi connectivity index (χ1v) is 5.98. The fraction of sp³-hybridized carbons (Fsp3) is 0.182. The molecule has 0 spiro atoms. The maximum atomic E-state index is 13.5. The molecule has 100 valence electrons. The van der Waals surface area contributed by atoms with Crippen LogP contribution in [0.2, 0.25) is 0 Å². The summed E-state index contributed by atoms with van der Waals surface area (Å²) >= 11 is 2.93. The third-order valence-corrected chi connectivity index (χ3v) is 2.66. The molecule has 0 aliphatic carbocycles. The van der Waals surface area contributed by atoms with Crippen molar-refractivity contribution in [3.8, 4) is 0 Å². The standard InChI is InChI=1S/C11H8BrF2N3O2/c1-5-16-9(19-17-5)4-15-11(18)10-7(13)2-6(12)3-8(10)14/h2-3H,4H2,1H3,(H,15,18). The van der Waals surface area contributed by atoms with Crippen LogP contribution in [0.1, 0.15) is 22.1 Å². The summed E-state index contributed by atoms with van der Waals surface area (Å²) in [6, 6.07) is 2.02. The Morgan fingerprint density at radius 2 is 2.05 bits per heavy atom. The van der Waals surface area contributed by atoms with Crippen LogP contribution in [0.3, 0.4) is 0 Å². The van der Waals surface area contributed by atoms with Crippen LogP contribution in [-0.4, -0.2) is 16.0 Å². The van der Waals surface area contributed by atoms with E-state index < -0.39 is 23.1 Å². The Bertz CT molecular complexity index is 607. The molecule has 1 N–H and O–H groups in total. The van der Waals surface area contributed by atoms with Gasteiger partial charge in [0.05, 0.1) is 6.54 Å². The van der Waals surface area contributed by atoms with E-state index in [0.717, 1.165) is 12.1 Å². The average molecular weight is 332 g/mol. The van der Waals surface area contributed by atoms with Crippen molar-refractivity contribution in [3.05, 3.63) is 45.5 Å². The summed E-state index contributed by atoms with van der Waals surface area (Å²) in [6.07, 6.45) is 0. The van der Waals surface area contributed by atoms with Crippen LogP contribution in [0.5, 0.6) is 0 Å². The smallest absolute Gasteiger partial charge is 0.257 e. The predicted octanol–water partition coefficient (Wildman–Crippen LogP) is 2.35. The van der Waals surface area contributed by atoms with Crippen LogP contribution in [0.4, 0.5) is 8.78 Å². The van der Waals surface area contributed by atoms with Crippen molar-refractivity contribution >= 4 is 21.8 Å². The van der Waals surface area contributed by atoms with Gasteiger partial charge in [-0.2, -0.15) is 4.98 Å². The van der Waals surface area contributed by atoms with Gasteiger partial charge in [0.25, 0.3) is 5.91 Å². The van der Waals surface area contributed by atoms with E-state index in [1.807, 2.05) is 0 Å². The van der Waals surface area contributed by atoms with E-state index in [1.54, 1.807) is 6.92 Å². The van der Waals surface area contributed by atoms with Gasteiger partial charge in [0, 0.05) is 4.47 Å². The number of nitrogens with one attached hydrogen (secondary N) is 1. The minimum absolute atomic E-state index is 0.103. The van der Waals surface area contributed by atoms with Gasteiger partial charge in [0.2, 0.25) is 5.89 Å². The van der Waals surface area contributed by atoms with Gasteiger partial charge in [-0.15, -0.1) is 0 Å². The number of halogens is 3. The Hall–Kier alpha value is -1.83. The lowest BCUT2D eigenvalue weighted by atomic mass is 10.2. The largest absolute Gasteiger partial charge is 0.343 e. The fourth-order valence-corrected chi connectivity index (χ4v) is 1.82. The molecular weight excluding hydrogens is 324 g/mol. The van der Waals surface area contributed by atoms with Gasteiger partial charge in [0.15, 0.2) is 5.82 Å². The number of benzene rings is 1. The zero-order valence-corrected chi connectivity index (χ0v) is 11.3. The van der Waals surface area contributed by atoms with Crippen LogP contribution < -0.4 is 5.32 Å². The lowest BCUT2D eigenvalue weighted by molar-refractivity contribution is 0.0937. The summed E-state index contributed by atoms with van der Waals surface area (Å²) in [4.78, 5) is 15.5. The molecule has 0 fully saturated rings. The molecule has 2 rings (SSSR count). The average Bonchev–Trinajstić information content (AvgIpc) is 2.71. The highest BCUT2D eigenvalue weighted by Gasteiger charge is 2.18. The molecule has 1 heterocycles. The highest BCUT2D eigenvalue weighted by Crippen LogP contribution is 2.19. The van der Waals surface area contributed by atoms with Crippen LogP contribution in [0, 0.1) is 18.6 Å². The monoisotopic (exact) mass is 331 g/mol. The van der Waals surface area contributed by atoms with Crippen LogP contribution in [0.25, 0.3) is 0 Å². The van der Waals surface area contributed by atoms with E-state index in [-0.39, 0.29) is 16.9 Å². The van der Waals surface area contributed by atoms with Gasteiger partial charge < -0.3 is 9.84 Å². The normalized spacial score (nSPS) is 10.5. The molecule has 0 atom stereocenters. The Morgan fingerprint density at radius 3 is 2.58 bits per heavy atom. The maximum Gasteiger partial charge on any atom is 0.257 e. The van der Waals surface area contributed by atoms with E-state index in [4.69, 9.17) is 4.52 Å². The van der Waals surface area contributed by atoms with Gasteiger partial charge in [0.1, 0.15) is 17.2 Å². The topological polar surface area (TPSA) is 68.0 Å². The molecule has 0 aliphatic heterocycles. The molecule has 1 aromatic carbocycles. The molecule has 0 radical (unpaired) electrons. The van der Waals surface area contributed by atoms with Crippen molar-refractivity contribution in [2.45, 2.75) is 13.5 Å². The Balaban J connectivity index is 2.12. The van der Waals surface area contributed by atoms with Crippen molar-refractivity contribution in [2.24, 2.45) is 0 Å². The number of nitrogens with zero attached hydrogens (tertiary/aromatic N) is 2. The summed E-state index contributed by atoms with van der Waals surface area (Å²) in [5, 5.41) is 5.82. The van der Waals surface area contributed by atoms with Gasteiger partial charge in [-0.25, -0.2) is 8.78 Å². The second kappa shape index (κ2) is 5.43. The SMILES string of the molecule is Cc1noc(CNC(=O)c2c(F)cc(Br)cc2F)n1. The van der Waals surface area contributed by atoms with E-state index in [2.05, 4.69) is 31.4 Å². The summed E-state index contributed by atoms with van der Waals surface area (Å²) in [6.45, 7) is 1.51. The minimum Gasteiger partial charge on any atom is -0.343 e. The lowest BCUT2D eigenvalue weighted by Gasteiger charge is -2.05. The van der Waals surface area contributed by atoms with E-state index in [9.17, 15) is 13.6 Å². The molecule has 5 nitrogen and oxygen atoms in total. The molecule has 0 bridgehead atoms. The number of carbonyl (C=O) groups is 1. The second-order valence-corrected chi connectivity index (χ2v) is 4.58. The zero-order chi connectivity index (χ0) is 14.0. The summed E-state index contributed by atoms with van der Waals surface area (Å²) in [7, 11) is 0. The molecule has 0 saturated carbocycles. The molecular formula is C11H8BrF2N3O2. The predicted molar refractivity (Wildman–Crippen MR) is 64.3 cm³/mol. The van der Waals surface area contributed by atoms with Crippen LogP contribution in [0.15, 0.2) is 21.1 Å². The third-order valence-electron chi connectivity index (χ3n) is 2.20. The van der Waals surface area contributed by atoms with Crippen LogP contribution in [-0.2, 0) is 6.54 Å². The molecule has 8 heteroatoms. The molecule has 2 aromatic rings. The zero-order valence-electron chi connectivity index (χ0n) is 9.71. The quantitative estimate of drug-likeness (QED) is 0.937. The van der Waals surface area contributed by atoms with Crippen molar-refractivity contribution in [2.75, 3.05) is 0 Å². The first-order chi connectivity index (χ1) is 8.97. The van der Waals surface area contributed by atoms with E-state index in [0.29, 0.717) is 5.82 Å². The fourth-order valence-electron chi connectivity index (χ4n) is 1.42. The molecule has 19 heavy (non-hydrogen) atoms. The lowest BCUT2D eigenvalue weighted by Crippen LogP contribution is -2.25. The number of aryl methyl sites for hydroxylation is 1. The summed E-state index contributed by atoms with van der Waals surface area (Å²) in [5.74, 6) is -2.23. The number of rotatable bonds is 3. The maximum absolute atomic E-state index is 13.5. The van der Waals surface area contributed by atoms with Crippen molar-refractivity contribution in [1.29, 1.82) is 0 Å². The Kier molecular flexibility index (Phi) is 3.89. The third kappa shape index (κ3) is 3.14. The van der Waals surface area contributed by atoms with Gasteiger partial charge in [-0.3, -0.25) is 4.79 Å². The second-order valence-electron chi connectivity index (χ2n) is 3.66. The van der Waals surface area contributed by atoms with Crippen molar-refractivity contribution in [3.63, 3.8) is 0 Å². The molecule has 1 amide bonds. The van der Waals surface area contributed by atoms with Gasteiger partial charge >= 0.3 is 0 Å². The van der Waals surface area contributed by atoms with Crippen molar-refractivity contribution < 1.29 is 18.1 Å². The van der Waals surface area contributed by atoms with Crippen molar-refractivity contribution in [1.82, 2.24) is 15.5 Å². The number of amides is 1. The Morgan fingerprint density at radius 1 is 1.42 bits per heavy atom. The molecule has 1 aromatic heterocycles. The minimum atomic E-state index is -0.953. The molecule has 0 aliphatic rings. The Labute approximate surface area is 115 Å². The molecule has 0 saturated heterocycles. The molecule has 0 unspecified atom stereocenters. The highest BCUT2D eigenvalue weighted by molar-refractivity contribution is 9.10. The first kappa shape index (κ1) is 13.6. The van der Waals surface area contributed by atoms with Gasteiger partial charge in [-0.05, 0) is 19.1 Å². The summed E-state index contributed by atoms with van der Waals surface area (Å²) in [5.41, 5.74) is -0.653. The number of carbonyl (C=O) groups excluding carboxylic acids is 1. The van der Waals surface area contributed by atoms with Gasteiger partial charge in [-0.1, -0.05) is 21.1 Å². The highest BCUT2D eigenvalue weighted by atomic mass is 79.9. The van der Waals surface area contributed by atoms with E-state index >= 15 is 0 Å².